The number of thioether (sulfide) groups is 1. The number of ether oxygens (including phenoxy) is 1. The standard InChI is InChI=1S/C13H14N2O3S.ClH/c1-18-10-4-2-9(3-5-10)8-11-12(16)15(7-6-14)13(17)19-11;/h2-5,8H,6-7,14H2,1H3;1H/b11-8-;. The number of methoxy groups -OCH3 is 1. The highest BCUT2D eigenvalue weighted by Gasteiger charge is 2.34. The highest BCUT2D eigenvalue weighted by Crippen LogP contribution is 2.31. The molecule has 3 N–H and O–H groups in total. The van der Waals surface area contributed by atoms with Crippen molar-refractivity contribution in [3.8, 4) is 5.75 Å². The molecule has 2 amide bonds. The zero-order valence-electron chi connectivity index (χ0n) is 11.0. The molecule has 1 aromatic carbocycles. The van der Waals surface area contributed by atoms with Crippen molar-refractivity contribution >= 4 is 29.0 Å². The van der Waals surface area contributed by atoms with E-state index in [4.69, 9.17) is 4.74 Å². The summed E-state index contributed by atoms with van der Waals surface area (Å²) in [5, 5.41) is -0.228. The first-order chi connectivity index (χ1) is 9.15. The van der Waals surface area contributed by atoms with Crippen LogP contribution in [0.3, 0.4) is 0 Å². The number of carbonyl (C=O) groups is 2. The molecule has 0 bridgehead atoms. The van der Waals surface area contributed by atoms with E-state index >= 15 is 0 Å². The molecule has 0 aliphatic carbocycles. The molecule has 1 aliphatic rings. The maximum absolute atomic E-state index is 12.0. The fourth-order valence-corrected chi connectivity index (χ4v) is 2.57. The van der Waals surface area contributed by atoms with Gasteiger partial charge in [-0.05, 0) is 35.5 Å². The second-order valence-corrected chi connectivity index (χ2v) is 4.95. The first kappa shape index (κ1) is 16.6. The van der Waals surface area contributed by atoms with E-state index in [0.717, 1.165) is 23.1 Å². The number of carbonyl (C=O) groups excluding carboxylic acids is 2. The molecule has 0 aromatic heterocycles. The van der Waals surface area contributed by atoms with Gasteiger partial charge in [0.25, 0.3) is 11.1 Å². The van der Waals surface area contributed by atoms with Crippen LogP contribution >= 0.6 is 11.8 Å². The van der Waals surface area contributed by atoms with Crippen molar-refractivity contribution in [3.05, 3.63) is 34.7 Å². The number of halogens is 1. The van der Waals surface area contributed by atoms with Gasteiger partial charge in [0.15, 0.2) is 0 Å². The van der Waals surface area contributed by atoms with Crippen LogP contribution in [0.5, 0.6) is 5.75 Å². The van der Waals surface area contributed by atoms with E-state index in [1.54, 1.807) is 13.2 Å². The van der Waals surface area contributed by atoms with Gasteiger partial charge in [-0.15, -0.1) is 0 Å². The Balaban J connectivity index is 0.00000200. The number of nitrogens with zero attached hydrogens (tertiary/aromatic N) is 1. The van der Waals surface area contributed by atoms with Gasteiger partial charge in [0.1, 0.15) is 5.75 Å². The Kier molecular flexibility index (Phi) is 6.06. The summed E-state index contributed by atoms with van der Waals surface area (Å²) in [6.07, 6.45) is 1.72. The van der Waals surface area contributed by atoms with Crippen molar-refractivity contribution in [1.82, 2.24) is 4.90 Å². The fourth-order valence-electron chi connectivity index (χ4n) is 1.70. The Morgan fingerprint density at radius 3 is 2.50 bits per heavy atom. The van der Waals surface area contributed by atoms with Crippen LogP contribution < -0.4 is 22.9 Å². The van der Waals surface area contributed by atoms with Gasteiger partial charge in [0.2, 0.25) is 0 Å². The van der Waals surface area contributed by atoms with E-state index in [2.05, 4.69) is 5.73 Å². The Morgan fingerprint density at radius 2 is 1.95 bits per heavy atom. The molecule has 2 rings (SSSR count). The smallest absolute Gasteiger partial charge is 0.293 e. The predicted molar refractivity (Wildman–Crippen MR) is 73.4 cm³/mol. The topological polar surface area (TPSA) is 74.2 Å². The summed E-state index contributed by atoms with van der Waals surface area (Å²) in [6, 6.07) is 7.31. The molecule has 1 aromatic rings. The largest absolute Gasteiger partial charge is 1.00 e. The molecule has 0 saturated carbocycles. The summed E-state index contributed by atoms with van der Waals surface area (Å²) in [6.45, 7) is 0.887. The van der Waals surface area contributed by atoms with Crippen LogP contribution in [-0.4, -0.2) is 36.2 Å². The van der Waals surface area contributed by atoms with Gasteiger partial charge < -0.3 is 22.9 Å². The van der Waals surface area contributed by atoms with E-state index < -0.39 is 0 Å². The Bertz CT molecular complexity index is 531. The quantitative estimate of drug-likeness (QED) is 0.651. The fraction of sp³-hybridized carbons (Fsp3) is 0.231. The van der Waals surface area contributed by atoms with E-state index in [1.807, 2.05) is 24.3 Å². The van der Waals surface area contributed by atoms with E-state index in [-0.39, 0.29) is 23.6 Å². The predicted octanol–water partition coefficient (Wildman–Crippen LogP) is -2.02. The molecular weight excluding hydrogens is 300 g/mol. The number of hydrogen-bond donors (Lipinski definition) is 1. The number of hydrogen-bond acceptors (Lipinski definition) is 4. The zero-order valence-corrected chi connectivity index (χ0v) is 12.5. The summed E-state index contributed by atoms with van der Waals surface area (Å²) in [4.78, 5) is 25.3. The van der Waals surface area contributed by atoms with Crippen LogP contribution in [-0.2, 0) is 4.79 Å². The second-order valence-electron chi connectivity index (χ2n) is 3.96. The molecule has 108 valence electrons. The molecule has 1 heterocycles. The van der Waals surface area contributed by atoms with Crippen molar-refractivity contribution in [2.45, 2.75) is 0 Å². The van der Waals surface area contributed by atoms with Gasteiger partial charge in [-0.3, -0.25) is 14.5 Å². The van der Waals surface area contributed by atoms with E-state index in [1.165, 1.54) is 4.90 Å². The molecule has 1 fully saturated rings. The Morgan fingerprint density at radius 1 is 1.30 bits per heavy atom. The lowest BCUT2D eigenvalue weighted by Gasteiger charge is -2.08. The maximum Gasteiger partial charge on any atom is 0.293 e. The molecule has 5 nitrogen and oxygen atoms in total. The lowest BCUT2D eigenvalue weighted by molar-refractivity contribution is -0.367. The molecule has 0 unspecified atom stereocenters. The Hall–Kier alpha value is -1.50. The van der Waals surface area contributed by atoms with Crippen LogP contribution in [0.4, 0.5) is 4.79 Å². The molecule has 20 heavy (non-hydrogen) atoms. The van der Waals surface area contributed by atoms with Gasteiger partial charge in [-0.25, -0.2) is 0 Å². The Labute approximate surface area is 127 Å². The van der Waals surface area contributed by atoms with Gasteiger partial charge in [-0.1, -0.05) is 12.1 Å². The molecule has 1 aliphatic heterocycles. The molecular formula is C13H15ClN2O3S. The average Bonchev–Trinajstić information content (AvgIpc) is 2.68. The summed E-state index contributed by atoms with van der Waals surface area (Å²) in [5.41, 5.74) is 4.52. The molecule has 0 spiro atoms. The van der Waals surface area contributed by atoms with Gasteiger partial charge in [0.05, 0.1) is 25.1 Å². The SMILES string of the molecule is COc1ccc(/C=C2\SC(=O)N(CC[NH3+])C2=O)cc1.[Cl-]. The van der Waals surface area contributed by atoms with Crippen molar-refractivity contribution in [3.63, 3.8) is 0 Å². The molecule has 0 radical (unpaired) electrons. The zero-order chi connectivity index (χ0) is 13.8. The van der Waals surface area contributed by atoms with Crippen LogP contribution in [0.25, 0.3) is 6.08 Å². The van der Waals surface area contributed by atoms with Crippen LogP contribution in [0, 0.1) is 0 Å². The average molecular weight is 315 g/mol. The molecule has 0 atom stereocenters. The number of imide groups is 1. The number of quaternary nitrogens is 1. The molecule has 7 heteroatoms. The van der Waals surface area contributed by atoms with E-state index in [9.17, 15) is 9.59 Å². The summed E-state index contributed by atoms with van der Waals surface area (Å²) in [7, 11) is 1.60. The van der Waals surface area contributed by atoms with Gasteiger partial charge in [0, 0.05) is 0 Å². The minimum atomic E-state index is -0.241. The lowest BCUT2D eigenvalue weighted by atomic mass is 10.2. The minimum absolute atomic E-state index is 0. The summed E-state index contributed by atoms with van der Waals surface area (Å²) >= 11 is 0.966. The first-order valence-electron chi connectivity index (χ1n) is 5.84. The van der Waals surface area contributed by atoms with Crippen molar-refractivity contribution < 1.29 is 32.5 Å². The highest BCUT2D eigenvalue weighted by molar-refractivity contribution is 8.18. The number of benzene rings is 1. The third-order valence-corrected chi connectivity index (χ3v) is 3.58. The second kappa shape index (κ2) is 7.33. The van der Waals surface area contributed by atoms with Crippen molar-refractivity contribution in [2.75, 3.05) is 20.2 Å². The summed E-state index contributed by atoms with van der Waals surface area (Å²) < 4.78 is 5.06. The van der Waals surface area contributed by atoms with Gasteiger partial charge in [-0.2, -0.15) is 0 Å². The van der Waals surface area contributed by atoms with Crippen molar-refractivity contribution in [1.29, 1.82) is 0 Å². The van der Waals surface area contributed by atoms with Crippen LogP contribution in [0.1, 0.15) is 5.56 Å². The number of amides is 2. The van der Waals surface area contributed by atoms with E-state index in [0.29, 0.717) is 18.0 Å². The minimum Gasteiger partial charge on any atom is -1.00 e. The monoisotopic (exact) mass is 314 g/mol. The summed E-state index contributed by atoms with van der Waals surface area (Å²) in [5.74, 6) is 0.511. The third-order valence-electron chi connectivity index (χ3n) is 2.67. The van der Waals surface area contributed by atoms with Crippen LogP contribution in [0.15, 0.2) is 29.2 Å². The normalized spacial score (nSPS) is 16.5. The van der Waals surface area contributed by atoms with Gasteiger partial charge >= 0.3 is 0 Å². The first-order valence-corrected chi connectivity index (χ1v) is 6.66. The lowest BCUT2D eigenvalue weighted by Crippen LogP contribution is -3.00. The highest BCUT2D eigenvalue weighted by atomic mass is 35.5. The van der Waals surface area contributed by atoms with Crippen molar-refractivity contribution in [2.24, 2.45) is 0 Å². The van der Waals surface area contributed by atoms with Crippen LogP contribution in [0.2, 0.25) is 0 Å². The number of rotatable bonds is 4. The third kappa shape index (κ3) is 3.53. The molecule has 1 saturated heterocycles. The maximum atomic E-state index is 12.0.